The minimum Gasteiger partial charge on any atom is -0.352 e. The molecule has 3 heterocycles. The van der Waals surface area contributed by atoms with Crippen LogP contribution in [0.3, 0.4) is 0 Å². The monoisotopic (exact) mass is 328 g/mol. The van der Waals surface area contributed by atoms with Crippen molar-refractivity contribution in [1.29, 1.82) is 0 Å². The van der Waals surface area contributed by atoms with Crippen molar-refractivity contribution in [2.75, 3.05) is 6.54 Å². The molecule has 0 atom stereocenters. The third-order valence-electron chi connectivity index (χ3n) is 4.75. The molecule has 24 heavy (non-hydrogen) atoms. The van der Waals surface area contributed by atoms with Gasteiger partial charge in [-0.25, -0.2) is 9.97 Å². The van der Waals surface area contributed by atoms with Crippen molar-refractivity contribution < 1.29 is 4.79 Å². The highest BCUT2D eigenvalue weighted by atomic mass is 16.1. The Balaban J connectivity index is 1.83. The summed E-state index contributed by atoms with van der Waals surface area (Å²) in [5.74, 6) is 1.06. The second-order valence-corrected chi connectivity index (χ2v) is 6.79. The molecule has 1 N–H and O–H groups in total. The zero-order chi connectivity index (χ0) is 16.9. The summed E-state index contributed by atoms with van der Waals surface area (Å²) >= 11 is 0. The van der Waals surface area contributed by atoms with Crippen LogP contribution >= 0.6 is 0 Å². The number of amides is 1. The fourth-order valence-electron chi connectivity index (χ4n) is 3.44. The maximum Gasteiger partial charge on any atom is 0.253 e. The van der Waals surface area contributed by atoms with Crippen molar-refractivity contribution in [3.05, 3.63) is 23.1 Å². The van der Waals surface area contributed by atoms with E-state index in [9.17, 15) is 4.79 Å². The van der Waals surface area contributed by atoms with Gasteiger partial charge in [0, 0.05) is 25.2 Å². The number of nitrogens with zero attached hydrogens (tertiary/aromatic N) is 3. The lowest BCUT2D eigenvalue weighted by molar-refractivity contribution is 0.0954. The summed E-state index contributed by atoms with van der Waals surface area (Å²) in [6.07, 6.45) is 9.18. The molecule has 0 fully saturated rings. The average molecular weight is 328 g/mol. The third kappa shape index (κ3) is 3.60. The molecular formula is C19H28N4O. The largest absolute Gasteiger partial charge is 0.352 e. The van der Waals surface area contributed by atoms with Crippen LogP contribution in [0.2, 0.25) is 0 Å². The van der Waals surface area contributed by atoms with Crippen LogP contribution in [0.4, 0.5) is 0 Å². The van der Waals surface area contributed by atoms with Crippen molar-refractivity contribution in [2.45, 2.75) is 71.8 Å². The summed E-state index contributed by atoms with van der Waals surface area (Å²) in [5.41, 5.74) is 3.20. The molecule has 0 saturated carbocycles. The van der Waals surface area contributed by atoms with Gasteiger partial charge in [-0.05, 0) is 32.3 Å². The van der Waals surface area contributed by atoms with Gasteiger partial charge in [-0.3, -0.25) is 4.79 Å². The highest BCUT2D eigenvalue weighted by molar-refractivity contribution is 6.04. The van der Waals surface area contributed by atoms with Crippen molar-refractivity contribution in [2.24, 2.45) is 0 Å². The standard InChI is InChI=1S/C19H28N4O/c1-3-4-5-8-11-20-19(24)15-13-14(2)21-18-17(15)22-16-10-7-6-9-12-23(16)18/h13H,3-12H2,1-2H3,(H,20,24). The Labute approximate surface area is 143 Å². The average Bonchev–Trinajstić information content (AvgIpc) is 2.76. The Morgan fingerprint density at radius 3 is 2.92 bits per heavy atom. The van der Waals surface area contributed by atoms with Gasteiger partial charge in [-0.1, -0.05) is 32.6 Å². The predicted molar refractivity (Wildman–Crippen MR) is 96.3 cm³/mol. The number of carbonyl (C=O) groups is 1. The summed E-state index contributed by atoms with van der Waals surface area (Å²) in [6.45, 7) is 5.83. The van der Waals surface area contributed by atoms with Crippen LogP contribution in [0.5, 0.6) is 0 Å². The van der Waals surface area contributed by atoms with E-state index in [-0.39, 0.29) is 5.91 Å². The number of aryl methyl sites for hydroxylation is 3. The molecule has 0 aromatic carbocycles. The molecule has 130 valence electrons. The van der Waals surface area contributed by atoms with E-state index in [0.29, 0.717) is 5.56 Å². The summed E-state index contributed by atoms with van der Waals surface area (Å²) in [6, 6.07) is 1.87. The van der Waals surface area contributed by atoms with Gasteiger partial charge in [-0.2, -0.15) is 0 Å². The Kier molecular flexibility index (Phi) is 5.48. The number of rotatable bonds is 6. The summed E-state index contributed by atoms with van der Waals surface area (Å²) in [7, 11) is 0. The Morgan fingerprint density at radius 2 is 2.08 bits per heavy atom. The number of carbonyl (C=O) groups excluding carboxylic acids is 1. The zero-order valence-corrected chi connectivity index (χ0v) is 14.9. The molecule has 5 nitrogen and oxygen atoms in total. The normalized spacial score (nSPS) is 14.4. The van der Waals surface area contributed by atoms with E-state index in [1.165, 1.54) is 32.1 Å². The number of hydrogen-bond donors (Lipinski definition) is 1. The van der Waals surface area contributed by atoms with Gasteiger partial charge in [0.05, 0.1) is 5.56 Å². The van der Waals surface area contributed by atoms with Gasteiger partial charge < -0.3 is 9.88 Å². The zero-order valence-electron chi connectivity index (χ0n) is 14.9. The molecule has 5 heteroatoms. The molecule has 2 aromatic heterocycles. The van der Waals surface area contributed by atoms with Crippen LogP contribution in [0.1, 0.15) is 73.7 Å². The van der Waals surface area contributed by atoms with Crippen LogP contribution in [0, 0.1) is 6.92 Å². The van der Waals surface area contributed by atoms with Gasteiger partial charge in [0.2, 0.25) is 0 Å². The van der Waals surface area contributed by atoms with Gasteiger partial charge in [0.25, 0.3) is 5.91 Å². The number of nitrogens with one attached hydrogen (secondary N) is 1. The molecule has 1 amide bonds. The van der Waals surface area contributed by atoms with Crippen LogP contribution in [-0.4, -0.2) is 27.0 Å². The third-order valence-corrected chi connectivity index (χ3v) is 4.75. The lowest BCUT2D eigenvalue weighted by Crippen LogP contribution is -2.25. The molecule has 0 bridgehead atoms. The fraction of sp³-hybridized carbons (Fsp3) is 0.632. The molecule has 1 aliphatic rings. The first-order valence-electron chi connectivity index (χ1n) is 9.35. The van der Waals surface area contributed by atoms with Crippen molar-refractivity contribution in [3.63, 3.8) is 0 Å². The van der Waals surface area contributed by atoms with Crippen LogP contribution in [-0.2, 0) is 13.0 Å². The molecule has 0 unspecified atom stereocenters. The Morgan fingerprint density at radius 1 is 1.21 bits per heavy atom. The number of imidazole rings is 1. The van der Waals surface area contributed by atoms with E-state index >= 15 is 0 Å². The van der Waals surface area contributed by atoms with Crippen LogP contribution < -0.4 is 5.32 Å². The van der Waals surface area contributed by atoms with Gasteiger partial charge >= 0.3 is 0 Å². The van der Waals surface area contributed by atoms with Crippen LogP contribution in [0.15, 0.2) is 6.07 Å². The van der Waals surface area contributed by atoms with Crippen molar-refractivity contribution in [3.8, 4) is 0 Å². The van der Waals surface area contributed by atoms with E-state index in [4.69, 9.17) is 4.98 Å². The van der Waals surface area contributed by atoms with Gasteiger partial charge in [0.1, 0.15) is 11.3 Å². The van der Waals surface area contributed by atoms with Crippen molar-refractivity contribution >= 4 is 17.1 Å². The maximum atomic E-state index is 12.6. The molecule has 0 spiro atoms. The predicted octanol–water partition coefficient (Wildman–Crippen LogP) is 3.78. The SMILES string of the molecule is CCCCCCNC(=O)c1cc(C)nc2c1nc1n2CCCCC1. The molecule has 3 rings (SSSR count). The molecule has 0 aliphatic carbocycles. The first-order chi connectivity index (χ1) is 11.7. The van der Waals surface area contributed by atoms with Crippen LogP contribution in [0.25, 0.3) is 11.2 Å². The molecular weight excluding hydrogens is 300 g/mol. The van der Waals surface area contributed by atoms with E-state index in [0.717, 1.165) is 55.0 Å². The summed E-state index contributed by atoms with van der Waals surface area (Å²) in [4.78, 5) is 22.1. The molecule has 2 aromatic rings. The highest BCUT2D eigenvalue weighted by Crippen LogP contribution is 2.24. The summed E-state index contributed by atoms with van der Waals surface area (Å²) < 4.78 is 2.22. The number of pyridine rings is 1. The quantitative estimate of drug-likeness (QED) is 0.821. The second kappa shape index (κ2) is 7.77. The van der Waals surface area contributed by atoms with Gasteiger partial charge in [-0.15, -0.1) is 0 Å². The van der Waals surface area contributed by atoms with E-state index in [1.54, 1.807) is 0 Å². The smallest absolute Gasteiger partial charge is 0.253 e. The van der Waals surface area contributed by atoms with Crippen molar-refractivity contribution in [1.82, 2.24) is 19.9 Å². The minimum atomic E-state index is -0.0183. The molecule has 0 radical (unpaired) electrons. The number of unbranched alkanes of at least 4 members (excludes halogenated alkanes) is 3. The van der Waals surface area contributed by atoms with E-state index in [1.807, 2.05) is 13.0 Å². The van der Waals surface area contributed by atoms with E-state index < -0.39 is 0 Å². The minimum absolute atomic E-state index is 0.0183. The van der Waals surface area contributed by atoms with Gasteiger partial charge in [0.15, 0.2) is 5.65 Å². The Hall–Kier alpha value is -1.91. The number of hydrogen-bond acceptors (Lipinski definition) is 3. The topological polar surface area (TPSA) is 59.8 Å². The maximum absolute atomic E-state index is 12.6. The first kappa shape index (κ1) is 16.9. The first-order valence-corrected chi connectivity index (χ1v) is 9.35. The Bertz CT molecular complexity index is 720. The number of aromatic nitrogens is 3. The van der Waals surface area contributed by atoms with E-state index in [2.05, 4.69) is 21.8 Å². The highest BCUT2D eigenvalue weighted by Gasteiger charge is 2.20. The summed E-state index contributed by atoms with van der Waals surface area (Å²) in [5, 5.41) is 3.05. The molecule has 1 aliphatic heterocycles. The lowest BCUT2D eigenvalue weighted by Gasteiger charge is -2.08. The lowest BCUT2D eigenvalue weighted by atomic mass is 10.1. The second-order valence-electron chi connectivity index (χ2n) is 6.79. The fourth-order valence-corrected chi connectivity index (χ4v) is 3.44. The molecule has 0 saturated heterocycles. The number of fused-ring (bicyclic) bond motifs is 3.